The highest BCUT2D eigenvalue weighted by atomic mass is 16.6. The lowest BCUT2D eigenvalue weighted by Crippen LogP contribution is -2.44. The van der Waals surface area contributed by atoms with Crippen molar-refractivity contribution in [3.8, 4) is 0 Å². The van der Waals surface area contributed by atoms with Gasteiger partial charge in [-0.1, -0.05) is 0 Å². The second-order valence-corrected chi connectivity index (χ2v) is 4.69. The van der Waals surface area contributed by atoms with E-state index in [1.807, 2.05) is 14.1 Å². The second kappa shape index (κ2) is 5.09. The van der Waals surface area contributed by atoms with E-state index in [0.717, 1.165) is 0 Å². The minimum atomic E-state index is -0.433. The fourth-order valence-corrected chi connectivity index (χ4v) is 1.14. The summed E-state index contributed by atoms with van der Waals surface area (Å²) < 4.78 is 0. The topological polar surface area (TPSA) is 71.3 Å². The maximum Gasteiger partial charge on any atom is 0.311 e. The van der Waals surface area contributed by atoms with Crippen LogP contribution in [-0.4, -0.2) is 41.0 Å². The number of pyridine rings is 1. The zero-order chi connectivity index (χ0) is 13.1. The molecule has 0 aliphatic heterocycles. The summed E-state index contributed by atoms with van der Waals surface area (Å²) in [6.45, 7) is 4.68. The van der Waals surface area contributed by atoms with Crippen molar-refractivity contribution in [1.29, 1.82) is 0 Å². The van der Waals surface area contributed by atoms with Crippen molar-refractivity contribution in [3.63, 3.8) is 0 Å². The normalized spacial score (nSPS) is 11.6. The number of anilines is 1. The Hall–Kier alpha value is -1.69. The first kappa shape index (κ1) is 13.4. The van der Waals surface area contributed by atoms with E-state index < -0.39 is 4.92 Å². The van der Waals surface area contributed by atoms with Crippen molar-refractivity contribution in [2.24, 2.45) is 0 Å². The summed E-state index contributed by atoms with van der Waals surface area (Å²) in [4.78, 5) is 16.4. The van der Waals surface area contributed by atoms with Gasteiger partial charge < -0.3 is 10.2 Å². The lowest BCUT2D eigenvalue weighted by Gasteiger charge is -2.32. The molecule has 0 amide bonds. The summed E-state index contributed by atoms with van der Waals surface area (Å²) in [6.07, 6.45) is 1.54. The van der Waals surface area contributed by atoms with Crippen LogP contribution in [0, 0.1) is 10.1 Å². The molecule has 1 aromatic rings. The van der Waals surface area contributed by atoms with Gasteiger partial charge in [-0.15, -0.1) is 0 Å². The molecular formula is C11H18N4O2. The summed E-state index contributed by atoms with van der Waals surface area (Å²) >= 11 is 0. The van der Waals surface area contributed by atoms with E-state index in [4.69, 9.17) is 0 Å². The monoisotopic (exact) mass is 238 g/mol. The number of hydrogen-bond donors (Lipinski definition) is 1. The molecule has 0 radical (unpaired) electrons. The van der Waals surface area contributed by atoms with Gasteiger partial charge in [-0.25, -0.2) is 4.98 Å². The van der Waals surface area contributed by atoms with E-state index in [9.17, 15) is 10.1 Å². The molecule has 0 fully saturated rings. The molecule has 0 aliphatic rings. The first-order chi connectivity index (χ1) is 7.84. The zero-order valence-electron chi connectivity index (χ0n) is 10.6. The number of nitrogens with one attached hydrogen (secondary N) is 1. The lowest BCUT2D eigenvalue weighted by molar-refractivity contribution is -0.384. The van der Waals surface area contributed by atoms with Gasteiger partial charge >= 0.3 is 5.69 Å². The Morgan fingerprint density at radius 3 is 2.71 bits per heavy atom. The molecule has 0 saturated carbocycles. The smallest absolute Gasteiger partial charge is 0.311 e. The quantitative estimate of drug-likeness (QED) is 0.625. The van der Waals surface area contributed by atoms with Crippen LogP contribution < -0.4 is 5.32 Å². The Balaban J connectivity index is 2.79. The highest BCUT2D eigenvalue weighted by Gasteiger charge is 2.22. The van der Waals surface area contributed by atoms with E-state index in [0.29, 0.717) is 12.4 Å². The van der Waals surface area contributed by atoms with Gasteiger partial charge in [0.1, 0.15) is 0 Å². The van der Waals surface area contributed by atoms with Gasteiger partial charge in [0.05, 0.1) is 4.92 Å². The van der Waals surface area contributed by atoms with Crippen molar-refractivity contribution in [2.75, 3.05) is 26.0 Å². The first-order valence-electron chi connectivity index (χ1n) is 5.35. The van der Waals surface area contributed by atoms with Gasteiger partial charge in [-0.3, -0.25) is 10.1 Å². The Bertz CT molecular complexity index is 404. The Kier molecular flexibility index (Phi) is 4.01. The molecule has 1 aromatic heterocycles. The van der Waals surface area contributed by atoms with Crippen LogP contribution in [0.1, 0.15) is 13.8 Å². The molecule has 6 nitrogen and oxygen atoms in total. The molecule has 94 valence electrons. The fourth-order valence-electron chi connectivity index (χ4n) is 1.14. The lowest BCUT2D eigenvalue weighted by atomic mass is 10.0. The standard InChI is InChI=1S/C11H18N4O2/c1-11(2,14(3)4)8-13-10-9(15(16)17)6-5-7-12-10/h5-7H,8H2,1-4H3,(H,12,13). The number of likely N-dealkylation sites (N-methyl/N-ethyl adjacent to an activating group) is 1. The fraction of sp³-hybridized carbons (Fsp3) is 0.545. The molecular weight excluding hydrogens is 220 g/mol. The average molecular weight is 238 g/mol. The molecule has 0 aromatic carbocycles. The van der Waals surface area contributed by atoms with Gasteiger partial charge in [0, 0.05) is 24.3 Å². The van der Waals surface area contributed by atoms with E-state index in [2.05, 4.69) is 29.0 Å². The van der Waals surface area contributed by atoms with Gasteiger partial charge in [-0.2, -0.15) is 0 Å². The minimum absolute atomic E-state index is 0.00190. The van der Waals surface area contributed by atoms with E-state index >= 15 is 0 Å². The molecule has 6 heteroatoms. The predicted octanol–water partition coefficient (Wildman–Crippen LogP) is 1.74. The molecule has 0 aliphatic carbocycles. The second-order valence-electron chi connectivity index (χ2n) is 4.69. The van der Waals surface area contributed by atoms with Gasteiger partial charge in [0.2, 0.25) is 5.82 Å². The van der Waals surface area contributed by atoms with Crippen LogP contribution in [0.25, 0.3) is 0 Å². The highest BCUT2D eigenvalue weighted by Crippen LogP contribution is 2.21. The number of nitro groups is 1. The molecule has 0 saturated heterocycles. The third kappa shape index (κ3) is 3.39. The van der Waals surface area contributed by atoms with Gasteiger partial charge in [-0.05, 0) is 34.0 Å². The molecule has 0 spiro atoms. The summed E-state index contributed by atoms with van der Waals surface area (Å²) in [5.74, 6) is 0.312. The van der Waals surface area contributed by atoms with Crippen LogP contribution in [-0.2, 0) is 0 Å². The van der Waals surface area contributed by atoms with E-state index in [1.165, 1.54) is 12.3 Å². The molecule has 1 heterocycles. The highest BCUT2D eigenvalue weighted by molar-refractivity contribution is 5.55. The summed E-state index contributed by atoms with van der Waals surface area (Å²) in [5.41, 5.74) is -0.104. The number of nitrogens with zero attached hydrogens (tertiary/aromatic N) is 3. The molecule has 0 unspecified atom stereocenters. The van der Waals surface area contributed by atoms with E-state index in [-0.39, 0.29) is 11.2 Å². The number of rotatable bonds is 5. The maximum absolute atomic E-state index is 10.8. The van der Waals surface area contributed by atoms with Crippen molar-refractivity contribution in [3.05, 3.63) is 28.4 Å². The zero-order valence-corrected chi connectivity index (χ0v) is 10.6. The van der Waals surface area contributed by atoms with Crippen LogP contribution >= 0.6 is 0 Å². The maximum atomic E-state index is 10.8. The summed E-state index contributed by atoms with van der Waals surface area (Å²) in [7, 11) is 3.93. The predicted molar refractivity (Wildman–Crippen MR) is 67.1 cm³/mol. The van der Waals surface area contributed by atoms with Crippen molar-refractivity contribution in [2.45, 2.75) is 19.4 Å². The van der Waals surface area contributed by atoms with Crippen LogP contribution in [0.4, 0.5) is 11.5 Å². The first-order valence-corrected chi connectivity index (χ1v) is 5.35. The number of hydrogen-bond acceptors (Lipinski definition) is 5. The molecule has 0 atom stereocenters. The van der Waals surface area contributed by atoms with Gasteiger partial charge in [0.25, 0.3) is 0 Å². The summed E-state index contributed by atoms with van der Waals surface area (Å²) in [5, 5.41) is 13.8. The van der Waals surface area contributed by atoms with Crippen molar-refractivity contribution < 1.29 is 4.92 Å². The molecule has 1 N–H and O–H groups in total. The largest absolute Gasteiger partial charge is 0.363 e. The molecule has 1 rings (SSSR count). The Morgan fingerprint density at radius 2 is 2.18 bits per heavy atom. The van der Waals surface area contributed by atoms with Gasteiger partial charge in [0.15, 0.2) is 0 Å². The SMILES string of the molecule is CN(C)C(C)(C)CNc1ncccc1[N+](=O)[O-]. The third-order valence-corrected chi connectivity index (χ3v) is 2.88. The average Bonchev–Trinajstić information content (AvgIpc) is 2.26. The van der Waals surface area contributed by atoms with Crippen LogP contribution in [0.3, 0.4) is 0 Å². The molecule has 0 bridgehead atoms. The van der Waals surface area contributed by atoms with Crippen molar-refractivity contribution in [1.82, 2.24) is 9.88 Å². The Morgan fingerprint density at radius 1 is 1.53 bits per heavy atom. The number of aromatic nitrogens is 1. The summed E-state index contributed by atoms with van der Waals surface area (Å²) in [6, 6.07) is 3.00. The van der Waals surface area contributed by atoms with Crippen LogP contribution in [0.2, 0.25) is 0 Å². The van der Waals surface area contributed by atoms with Crippen LogP contribution in [0.15, 0.2) is 18.3 Å². The van der Waals surface area contributed by atoms with Crippen molar-refractivity contribution >= 4 is 11.5 Å². The third-order valence-electron chi connectivity index (χ3n) is 2.88. The molecule has 17 heavy (non-hydrogen) atoms. The minimum Gasteiger partial charge on any atom is -0.363 e. The Labute approximate surface area is 101 Å². The van der Waals surface area contributed by atoms with E-state index in [1.54, 1.807) is 6.07 Å². The van der Waals surface area contributed by atoms with Crippen LogP contribution in [0.5, 0.6) is 0 Å².